The quantitative estimate of drug-likeness (QED) is 0.744. The normalized spacial score (nSPS) is 20.2. The van der Waals surface area contributed by atoms with Gasteiger partial charge in [0.05, 0.1) is 17.4 Å². The van der Waals surface area contributed by atoms with Crippen molar-refractivity contribution in [2.75, 3.05) is 50.0 Å². The first kappa shape index (κ1) is 20.9. The largest absolute Gasteiger partial charge is 0.481 e. The predicted molar refractivity (Wildman–Crippen MR) is 112 cm³/mol. The van der Waals surface area contributed by atoms with E-state index in [2.05, 4.69) is 4.90 Å². The number of furan rings is 1. The summed E-state index contributed by atoms with van der Waals surface area (Å²) < 4.78 is 38.0. The minimum Gasteiger partial charge on any atom is -0.481 e. The van der Waals surface area contributed by atoms with Gasteiger partial charge in [0.15, 0.2) is 0 Å². The summed E-state index contributed by atoms with van der Waals surface area (Å²) in [6, 6.07) is 11.7. The number of anilines is 1. The highest BCUT2D eigenvalue weighted by molar-refractivity contribution is 7.89. The molecule has 162 valence electrons. The van der Waals surface area contributed by atoms with E-state index < -0.39 is 21.4 Å². The lowest BCUT2D eigenvalue weighted by Gasteiger charge is -2.38. The van der Waals surface area contributed by atoms with Crippen LogP contribution in [-0.2, 0) is 19.6 Å². The number of ether oxygens (including phenoxy) is 1. The first-order chi connectivity index (χ1) is 14.4. The number of hydrogen-bond acceptors (Lipinski definition) is 6. The number of carboxylic acids is 1. The molecule has 0 aliphatic carbocycles. The van der Waals surface area contributed by atoms with Crippen LogP contribution in [0.5, 0.6) is 0 Å². The molecular formula is C21H26N2O6S. The third kappa shape index (κ3) is 4.23. The number of piperazine rings is 1. The zero-order valence-electron chi connectivity index (χ0n) is 16.7. The van der Waals surface area contributed by atoms with Gasteiger partial charge in [-0.05, 0) is 49.2 Å². The fourth-order valence-electron chi connectivity index (χ4n) is 4.13. The zero-order chi connectivity index (χ0) is 21.2. The molecule has 2 aliphatic heterocycles. The average Bonchev–Trinajstić information content (AvgIpc) is 3.29. The molecule has 0 spiro atoms. The monoisotopic (exact) mass is 434 g/mol. The van der Waals surface area contributed by atoms with E-state index in [0.717, 1.165) is 17.0 Å². The maximum Gasteiger partial charge on any atom is 0.310 e. The van der Waals surface area contributed by atoms with Gasteiger partial charge in [-0.1, -0.05) is 0 Å². The lowest BCUT2D eigenvalue weighted by Crippen LogP contribution is -2.52. The summed E-state index contributed by atoms with van der Waals surface area (Å²) in [7, 11) is -3.67. The number of aliphatic carboxylic acids is 1. The minimum atomic E-state index is -3.67. The SMILES string of the molecule is O=C(O)C1(CS(=O)(=O)N2CCN(c3ccc(-c4ccco4)cc3)CC2)CCOCC1. The molecule has 30 heavy (non-hydrogen) atoms. The van der Waals surface area contributed by atoms with Gasteiger partial charge in [0.25, 0.3) is 0 Å². The van der Waals surface area contributed by atoms with Crippen LogP contribution in [0.3, 0.4) is 0 Å². The lowest BCUT2D eigenvalue weighted by molar-refractivity contribution is -0.152. The van der Waals surface area contributed by atoms with E-state index in [9.17, 15) is 18.3 Å². The Morgan fingerprint density at radius 1 is 1.03 bits per heavy atom. The first-order valence-electron chi connectivity index (χ1n) is 10.1. The Hall–Kier alpha value is -2.36. The van der Waals surface area contributed by atoms with E-state index in [1.54, 1.807) is 6.26 Å². The Labute approximate surface area is 176 Å². The molecule has 4 rings (SSSR count). The number of sulfonamides is 1. The molecule has 1 aromatic carbocycles. The first-order valence-corrected chi connectivity index (χ1v) is 11.7. The summed E-state index contributed by atoms with van der Waals surface area (Å²) in [4.78, 5) is 14.0. The van der Waals surface area contributed by atoms with Crippen molar-refractivity contribution in [1.29, 1.82) is 0 Å². The van der Waals surface area contributed by atoms with Gasteiger partial charge in [0.2, 0.25) is 10.0 Å². The van der Waals surface area contributed by atoms with Crippen LogP contribution in [0.25, 0.3) is 11.3 Å². The van der Waals surface area contributed by atoms with Gasteiger partial charge in [0.1, 0.15) is 5.76 Å². The van der Waals surface area contributed by atoms with E-state index in [4.69, 9.17) is 9.15 Å². The van der Waals surface area contributed by atoms with Crippen LogP contribution < -0.4 is 4.90 Å². The molecule has 2 aromatic rings. The number of carbonyl (C=O) groups is 1. The summed E-state index contributed by atoms with van der Waals surface area (Å²) in [5, 5.41) is 9.68. The highest BCUT2D eigenvalue weighted by Gasteiger charge is 2.45. The van der Waals surface area contributed by atoms with Gasteiger partial charge in [-0.25, -0.2) is 8.42 Å². The number of benzene rings is 1. The van der Waals surface area contributed by atoms with E-state index >= 15 is 0 Å². The summed E-state index contributed by atoms with van der Waals surface area (Å²) >= 11 is 0. The Balaban J connectivity index is 1.39. The summed E-state index contributed by atoms with van der Waals surface area (Å²) in [6.45, 7) is 2.36. The highest BCUT2D eigenvalue weighted by Crippen LogP contribution is 2.34. The molecule has 0 saturated carbocycles. The number of carboxylic acid groups (broad SMARTS) is 1. The fourth-order valence-corrected chi connectivity index (χ4v) is 6.14. The Kier molecular flexibility index (Phi) is 5.86. The van der Waals surface area contributed by atoms with Crippen LogP contribution in [-0.4, -0.2) is 68.9 Å². The smallest absolute Gasteiger partial charge is 0.310 e. The average molecular weight is 435 g/mol. The van der Waals surface area contributed by atoms with Crippen LogP contribution in [0.4, 0.5) is 5.69 Å². The number of nitrogens with zero attached hydrogens (tertiary/aromatic N) is 2. The van der Waals surface area contributed by atoms with Crippen molar-refractivity contribution in [2.24, 2.45) is 5.41 Å². The zero-order valence-corrected chi connectivity index (χ0v) is 17.5. The second kappa shape index (κ2) is 8.41. The molecule has 3 heterocycles. The van der Waals surface area contributed by atoms with Crippen molar-refractivity contribution in [3.05, 3.63) is 42.7 Å². The molecule has 0 radical (unpaired) electrons. The van der Waals surface area contributed by atoms with Crippen LogP contribution >= 0.6 is 0 Å². The van der Waals surface area contributed by atoms with Crippen molar-refractivity contribution in [3.63, 3.8) is 0 Å². The van der Waals surface area contributed by atoms with Crippen LogP contribution in [0.2, 0.25) is 0 Å². The highest BCUT2D eigenvalue weighted by atomic mass is 32.2. The standard InChI is InChI=1S/C21H26N2O6S/c24-20(25)21(7-14-28-15-8-21)16-30(26,27)23-11-9-22(10-12-23)18-5-3-17(4-6-18)19-2-1-13-29-19/h1-6,13H,7-12,14-16H2,(H,24,25). The molecule has 0 amide bonds. The van der Waals surface area contributed by atoms with E-state index in [0.29, 0.717) is 26.2 Å². The van der Waals surface area contributed by atoms with E-state index in [1.807, 2.05) is 36.4 Å². The molecule has 1 N–H and O–H groups in total. The lowest BCUT2D eigenvalue weighted by atomic mass is 9.82. The minimum absolute atomic E-state index is 0.226. The van der Waals surface area contributed by atoms with Gasteiger partial charge >= 0.3 is 5.97 Å². The van der Waals surface area contributed by atoms with E-state index in [1.165, 1.54) is 4.31 Å². The van der Waals surface area contributed by atoms with Crippen LogP contribution in [0, 0.1) is 5.41 Å². The molecule has 0 atom stereocenters. The molecule has 0 unspecified atom stereocenters. The molecule has 2 fully saturated rings. The van der Waals surface area contributed by atoms with Crippen LogP contribution in [0.15, 0.2) is 47.1 Å². The van der Waals surface area contributed by atoms with Crippen LogP contribution in [0.1, 0.15) is 12.8 Å². The maximum absolute atomic E-state index is 13.0. The van der Waals surface area contributed by atoms with Crippen molar-refractivity contribution in [1.82, 2.24) is 4.31 Å². The number of hydrogen-bond donors (Lipinski definition) is 1. The Bertz CT molecular complexity index is 957. The molecule has 1 aromatic heterocycles. The van der Waals surface area contributed by atoms with Gasteiger partial charge in [0, 0.05) is 50.6 Å². The molecule has 0 bridgehead atoms. The molecule has 8 nitrogen and oxygen atoms in total. The van der Waals surface area contributed by atoms with Gasteiger partial charge < -0.3 is 19.2 Å². The van der Waals surface area contributed by atoms with Crippen molar-refractivity contribution < 1.29 is 27.5 Å². The Morgan fingerprint density at radius 3 is 2.27 bits per heavy atom. The van der Waals surface area contributed by atoms with Crippen molar-refractivity contribution in [2.45, 2.75) is 12.8 Å². The predicted octanol–water partition coefficient (Wildman–Crippen LogP) is 2.28. The van der Waals surface area contributed by atoms with Crippen molar-refractivity contribution >= 4 is 21.7 Å². The van der Waals surface area contributed by atoms with Gasteiger partial charge in [-0.2, -0.15) is 4.31 Å². The second-order valence-corrected chi connectivity index (χ2v) is 9.83. The van der Waals surface area contributed by atoms with E-state index in [-0.39, 0.29) is 31.8 Å². The van der Waals surface area contributed by atoms with Gasteiger partial charge in [-0.15, -0.1) is 0 Å². The van der Waals surface area contributed by atoms with Gasteiger partial charge in [-0.3, -0.25) is 4.79 Å². The Morgan fingerprint density at radius 2 is 1.70 bits per heavy atom. The molecule has 9 heteroatoms. The second-order valence-electron chi connectivity index (χ2n) is 7.86. The number of rotatable bonds is 6. The fraction of sp³-hybridized carbons (Fsp3) is 0.476. The topological polar surface area (TPSA) is 100 Å². The molecular weight excluding hydrogens is 408 g/mol. The maximum atomic E-state index is 13.0. The third-order valence-electron chi connectivity index (χ3n) is 6.03. The molecule has 2 aliphatic rings. The van der Waals surface area contributed by atoms with Crippen molar-refractivity contribution in [3.8, 4) is 11.3 Å². The molecule has 2 saturated heterocycles. The third-order valence-corrected chi connectivity index (χ3v) is 8.10. The summed E-state index contributed by atoms with van der Waals surface area (Å²) in [6.07, 6.45) is 2.09. The summed E-state index contributed by atoms with van der Waals surface area (Å²) in [5.41, 5.74) is 0.754. The summed E-state index contributed by atoms with van der Waals surface area (Å²) in [5.74, 6) is -0.612.